The Kier molecular flexibility index (Phi) is 8.92. The number of benzene rings is 1. The van der Waals surface area contributed by atoms with Crippen molar-refractivity contribution in [2.45, 2.75) is 77.5 Å². The second-order valence-electron chi connectivity index (χ2n) is 9.59. The van der Waals surface area contributed by atoms with Crippen LogP contribution in [0.15, 0.2) is 60.7 Å². The second kappa shape index (κ2) is 11.7. The van der Waals surface area contributed by atoms with E-state index in [1.807, 2.05) is 37.3 Å². The van der Waals surface area contributed by atoms with Gasteiger partial charge in [-0.25, -0.2) is 4.79 Å². The molecule has 34 heavy (non-hydrogen) atoms. The Balaban J connectivity index is 1.87. The number of allylic oxidation sites excluding steroid dienone is 2. The largest absolute Gasteiger partial charge is 0.479 e. The van der Waals surface area contributed by atoms with E-state index in [4.69, 9.17) is 9.47 Å². The summed E-state index contributed by atoms with van der Waals surface area (Å²) >= 11 is 0. The van der Waals surface area contributed by atoms with Gasteiger partial charge in [-0.2, -0.15) is 0 Å². The van der Waals surface area contributed by atoms with Crippen molar-refractivity contribution in [3.63, 3.8) is 0 Å². The molecule has 1 aromatic carbocycles. The fourth-order valence-electron chi connectivity index (χ4n) is 4.82. The first-order valence-electron chi connectivity index (χ1n) is 12.4. The Bertz CT molecular complexity index is 1000. The van der Waals surface area contributed by atoms with Crippen molar-refractivity contribution in [2.75, 3.05) is 13.2 Å². The molecule has 0 aliphatic heterocycles. The van der Waals surface area contributed by atoms with Crippen LogP contribution in [0.3, 0.4) is 0 Å². The first-order chi connectivity index (χ1) is 16.3. The SMILES string of the molecule is CCOC(CC1(OCCn2c(C(C)C)cc(-c3ccccc3)c2C(C)C)C=CC=CC1)C(=O)O. The highest BCUT2D eigenvalue weighted by molar-refractivity contribution is 5.72. The number of hydrogen-bond donors (Lipinski definition) is 1. The predicted molar refractivity (Wildman–Crippen MR) is 137 cm³/mol. The Morgan fingerprint density at radius 1 is 1.12 bits per heavy atom. The molecule has 3 rings (SSSR count). The Morgan fingerprint density at radius 3 is 2.41 bits per heavy atom. The number of ether oxygens (including phenoxy) is 2. The number of nitrogens with zero attached hydrogens (tertiary/aromatic N) is 1. The van der Waals surface area contributed by atoms with Crippen LogP contribution in [-0.4, -0.2) is 40.6 Å². The maximum absolute atomic E-state index is 11.8. The number of rotatable bonds is 12. The molecule has 1 aliphatic carbocycles. The quantitative estimate of drug-likeness (QED) is 0.386. The molecule has 0 spiro atoms. The maximum atomic E-state index is 11.8. The van der Waals surface area contributed by atoms with E-state index in [1.54, 1.807) is 0 Å². The number of hydrogen-bond acceptors (Lipinski definition) is 3. The summed E-state index contributed by atoms with van der Waals surface area (Å²) < 4.78 is 14.4. The van der Waals surface area contributed by atoms with Gasteiger partial charge in [0.15, 0.2) is 6.10 Å². The molecule has 5 nitrogen and oxygen atoms in total. The van der Waals surface area contributed by atoms with Crippen molar-refractivity contribution >= 4 is 5.97 Å². The van der Waals surface area contributed by atoms with Gasteiger partial charge in [0.05, 0.1) is 12.2 Å². The lowest BCUT2D eigenvalue weighted by Gasteiger charge is -2.34. The van der Waals surface area contributed by atoms with Gasteiger partial charge in [-0.3, -0.25) is 0 Å². The van der Waals surface area contributed by atoms with E-state index in [2.05, 4.69) is 62.6 Å². The summed E-state index contributed by atoms with van der Waals surface area (Å²) in [5, 5.41) is 9.63. The Hall–Kier alpha value is -2.63. The van der Waals surface area contributed by atoms with Gasteiger partial charge in [0, 0.05) is 36.5 Å². The van der Waals surface area contributed by atoms with Gasteiger partial charge in [-0.05, 0) is 36.8 Å². The van der Waals surface area contributed by atoms with Crippen molar-refractivity contribution in [3.05, 3.63) is 72.1 Å². The standard InChI is InChI=1S/C29H39NO4/c1-6-33-26(28(31)32)20-29(15-11-8-12-16-29)34-18-17-30-25(21(2)3)19-24(27(30)22(4)5)23-13-9-7-10-14-23/h7-15,19,21-22,26H,6,16-18,20H2,1-5H3,(H,31,32). The summed E-state index contributed by atoms with van der Waals surface area (Å²) in [4.78, 5) is 11.8. The molecule has 0 amide bonds. The molecular weight excluding hydrogens is 426 g/mol. The lowest BCUT2D eigenvalue weighted by atomic mass is 9.88. The van der Waals surface area contributed by atoms with Crippen molar-refractivity contribution in [3.8, 4) is 11.1 Å². The van der Waals surface area contributed by atoms with Crippen LogP contribution in [0.4, 0.5) is 0 Å². The summed E-state index contributed by atoms with van der Waals surface area (Å²) in [5.41, 5.74) is 4.42. The third-order valence-electron chi connectivity index (χ3n) is 6.38. The van der Waals surface area contributed by atoms with E-state index in [0.717, 1.165) is 0 Å². The molecule has 2 aromatic rings. The van der Waals surface area contributed by atoms with Gasteiger partial charge in [-0.1, -0.05) is 82.3 Å². The highest BCUT2D eigenvalue weighted by atomic mass is 16.5. The van der Waals surface area contributed by atoms with E-state index in [1.165, 1.54) is 22.5 Å². The van der Waals surface area contributed by atoms with E-state index >= 15 is 0 Å². The van der Waals surface area contributed by atoms with Crippen LogP contribution in [0.5, 0.6) is 0 Å². The van der Waals surface area contributed by atoms with Crippen molar-refractivity contribution in [2.24, 2.45) is 0 Å². The van der Waals surface area contributed by atoms with Crippen molar-refractivity contribution in [1.82, 2.24) is 4.57 Å². The summed E-state index contributed by atoms with van der Waals surface area (Å²) in [7, 11) is 0. The van der Waals surface area contributed by atoms with Gasteiger partial charge in [-0.15, -0.1) is 0 Å². The van der Waals surface area contributed by atoms with Crippen LogP contribution in [0.2, 0.25) is 0 Å². The molecule has 5 heteroatoms. The van der Waals surface area contributed by atoms with Crippen molar-refractivity contribution in [1.29, 1.82) is 0 Å². The third kappa shape index (κ3) is 6.08. The zero-order valence-corrected chi connectivity index (χ0v) is 21.2. The third-order valence-corrected chi connectivity index (χ3v) is 6.38. The van der Waals surface area contributed by atoms with Gasteiger partial charge in [0.1, 0.15) is 0 Å². The predicted octanol–water partition coefficient (Wildman–Crippen LogP) is 6.55. The summed E-state index contributed by atoms with van der Waals surface area (Å²) in [5.74, 6) is -0.228. The molecule has 0 radical (unpaired) electrons. The van der Waals surface area contributed by atoms with Gasteiger partial charge >= 0.3 is 5.97 Å². The van der Waals surface area contributed by atoms with E-state index in [-0.39, 0.29) is 6.42 Å². The van der Waals surface area contributed by atoms with Gasteiger partial charge in [0.2, 0.25) is 0 Å². The van der Waals surface area contributed by atoms with Crippen LogP contribution in [-0.2, 0) is 20.8 Å². The highest BCUT2D eigenvalue weighted by Gasteiger charge is 2.35. The maximum Gasteiger partial charge on any atom is 0.332 e. The number of aliphatic carboxylic acids is 1. The Morgan fingerprint density at radius 2 is 1.85 bits per heavy atom. The first kappa shape index (κ1) is 26.0. The summed E-state index contributed by atoms with van der Waals surface area (Å²) in [6, 6.07) is 12.9. The second-order valence-corrected chi connectivity index (χ2v) is 9.59. The fraction of sp³-hybridized carbons (Fsp3) is 0.483. The molecule has 184 valence electrons. The zero-order valence-electron chi connectivity index (χ0n) is 21.2. The number of carboxylic acids is 1. The molecule has 1 heterocycles. The van der Waals surface area contributed by atoms with Crippen molar-refractivity contribution < 1.29 is 19.4 Å². The van der Waals surface area contributed by atoms with Gasteiger partial charge in [0.25, 0.3) is 0 Å². The van der Waals surface area contributed by atoms with E-state index in [0.29, 0.717) is 38.0 Å². The topological polar surface area (TPSA) is 60.7 Å². The minimum absolute atomic E-state index is 0.284. The minimum Gasteiger partial charge on any atom is -0.479 e. The van der Waals surface area contributed by atoms with E-state index < -0.39 is 17.7 Å². The Labute approximate surface area is 204 Å². The lowest BCUT2D eigenvalue weighted by molar-refractivity contribution is -0.155. The molecule has 1 N–H and O–H groups in total. The molecule has 2 unspecified atom stereocenters. The molecule has 0 saturated heterocycles. The monoisotopic (exact) mass is 465 g/mol. The summed E-state index contributed by atoms with van der Waals surface area (Å²) in [6.07, 6.45) is 7.96. The highest BCUT2D eigenvalue weighted by Crippen LogP contribution is 2.36. The fourth-order valence-corrected chi connectivity index (χ4v) is 4.82. The van der Waals surface area contributed by atoms with Crippen LogP contribution >= 0.6 is 0 Å². The smallest absolute Gasteiger partial charge is 0.332 e. The zero-order chi connectivity index (χ0) is 24.7. The molecule has 2 atom stereocenters. The number of carboxylic acid groups (broad SMARTS) is 1. The molecular formula is C29H39NO4. The normalized spacial score (nSPS) is 18.7. The molecule has 1 aromatic heterocycles. The molecule has 0 bridgehead atoms. The summed E-state index contributed by atoms with van der Waals surface area (Å²) in [6.45, 7) is 12.3. The van der Waals surface area contributed by atoms with Crippen LogP contribution in [0, 0.1) is 0 Å². The number of aromatic nitrogens is 1. The lowest BCUT2D eigenvalue weighted by Crippen LogP contribution is -2.40. The molecule has 1 aliphatic rings. The minimum atomic E-state index is -0.949. The average Bonchev–Trinajstić information content (AvgIpc) is 3.20. The van der Waals surface area contributed by atoms with E-state index in [9.17, 15) is 9.90 Å². The first-order valence-corrected chi connectivity index (χ1v) is 12.4. The number of carbonyl (C=O) groups is 1. The van der Waals surface area contributed by atoms with Gasteiger partial charge < -0.3 is 19.1 Å². The van der Waals surface area contributed by atoms with Crippen LogP contribution in [0.25, 0.3) is 11.1 Å². The van der Waals surface area contributed by atoms with Crippen LogP contribution in [0.1, 0.15) is 70.7 Å². The molecule has 0 saturated carbocycles. The average molecular weight is 466 g/mol. The molecule has 0 fully saturated rings. The van der Waals surface area contributed by atoms with Crippen LogP contribution < -0.4 is 0 Å².